The predicted molar refractivity (Wildman–Crippen MR) is 82.8 cm³/mol. The van der Waals surface area contributed by atoms with Crippen molar-refractivity contribution in [2.75, 3.05) is 0 Å². The molecule has 0 aliphatic rings. The van der Waals surface area contributed by atoms with Crippen LogP contribution in [-0.2, 0) is 0 Å². The number of carbonyl (C=O) groups excluding carboxylic acids is 1. The van der Waals surface area contributed by atoms with Gasteiger partial charge in [0.25, 0.3) is 5.91 Å². The van der Waals surface area contributed by atoms with Gasteiger partial charge in [-0.3, -0.25) is 4.79 Å². The summed E-state index contributed by atoms with van der Waals surface area (Å²) in [6.45, 7) is 6.12. The Morgan fingerprint density at radius 2 is 1.43 bits per heavy atom. The quantitative estimate of drug-likeness (QED) is 0.884. The van der Waals surface area contributed by atoms with E-state index in [0.29, 0.717) is 11.5 Å². The molecule has 0 heterocycles. The molecule has 0 spiro atoms. The average molecular weight is 285 g/mol. The lowest BCUT2D eigenvalue weighted by Crippen LogP contribution is -2.26. The minimum Gasteiger partial charge on any atom is -0.346 e. The fourth-order valence-electron chi connectivity index (χ4n) is 2.13. The Bertz CT molecular complexity index is 602. The third-order valence-electron chi connectivity index (χ3n) is 3.56. The number of benzene rings is 2. The third kappa shape index (κ3) is 3.91. The first kappa shape index (κ1) is 15.2. The van der Waals surface area contributed by atoms with Crippen LogP contribution in [0.15, 0.2) is 48.5 Å². The van der Waals surface area contributed by atoms with E-state index in [-0.39, 0.29) is 17.8 Å². The topological polar surface area (TPSA) is 29.1 Å². The molecule has 0 aliphatic heterocycles. The molecule has 2 aromatic carbocycles. The molecular weight excluding hydrogens is 265 g/mol. The molecule has 3 heteroatoms. The van der Waals surface area contributed by atoms with E-state index in [0.717, 1.165) is 5.56 Å². The van der Waals surface area contributed by atoms with E-state index in [1.165, 1.54) is 17.7 Å². The summed E-state index contributed by atoms with van der Waals surface area (Å²) in [5.41, 5.74) is 2.72. The van der Waals surface area contributed by atoms with Crippen LogP contribution in [0.4, 0.5) is 4.39 Å². The van der Waals surface area contributed by atoms with Crippen LogP contribution in [0.25, 0.3) is 0 Å². The molecule has 110 valence electrons. The van der Waals surface area contributed by atoms with E-state index < -0.39 is 0 Å². The van der Waals surface area contributed by atoms with Gasteiger partial charge >= 0.3 is 0 Å². The molecule has 21 heavy (non-hydrogen) atoms. The Labute approximate surface area is 125 Å². The van der Waals surface area contributed by atoms with E-state index in [2.05, 4.69) is 19.2 Å². The summed E-state index contributed by atoms with van der Waals surface area (Å²) in [5.74, 6) is 0.0453. The average Bonchev–Trinajstić information content (AvgIpc) is 2.47. The second-order valence-corrected chi connectivity index (χ2v) is 5.52. The molecule has 2 rings (SSSR count). The summed E-state index contributed by atoms with van der Waals surface area (Å²) in [7, 11) is 0. The molecule has 1 N–H and O–H groups in total. The highest BCUT2D eigenvalue weighted by atomic mass is 19.1. The van der Waals surface area contributed by atoms with E-state index in [4.69, 9.17) is 0 Å². The summed E-state index contributed by atoms with van der Waals surface area (Å²) >= 11 is 0. The molecule has 1 amide bonds. The van der Waals surface area contributed by atoms with Gasteiger partial charge in [-0.1, -0.05) is 38.1 Å². The number of hydrogen-bond donors (Lipinski definition) is 1. The smallest absolute Gasteiger partial charge is 0.251 e. The van der Waals surface area contributed by atoms with Gasteiger partial charge in [0, 0.05) is 5.56 Å². The van der Waals surface area contributed by atoms with Crippen LogP contribution >= 0.6 is 0 Å². The maximum atomic E-state index is 12.9. The first-order valence-corrected chi connectivity index (χ1v) is 7.13. The van der Waals surface area contributed by atoms with Gasteiger partial charge in [-0.2, -0.15) is 0 Å². The van der Waals surface area contributed by atoms with Gasteiger partial charge in [0.1, 0.15) is 5.82 Å². The van der Waals surface area contributed by atoms with Crippen molar-refractivity contribution in [1.82, 2.24) is 5.32 Å². The van der Waals surface area contributed by atoms with Gasteiger partial charge < -0.3 is 5.32 Å². The number of hydrogen-bond acceptors (Lipinski definition) is 1. The summed E-state index contributed by atoms with van der Waals surface area (Å²) < 4.78 is 12.9. The van der Waals surface area contributed by atoms with Crippen molar-refractivity contribution in [3.05, 3.63) is 71.0 Å². The Balaban J connectivity index is 2.05. The van der Waals surface area contributed by atoms with Crippen molar-refractivity contribution in [2.45, 2.75) is 32.7 Å². The highest BCUT2D eigenvalue weighted by Crippen LogP contribution is 2.16. The molecule has 0 radical (unpaired) electrons. The van der Waals surface area contributed by atoms with E-state index in [1.807, 2.05) is 31.2 Å². The fraction of sp³-hybridized carbons (Fsp3) is 0.278. The Hall–Kier alpha value is -2.16. The second-order valence-electron chi connectivity index (χ2n) is 5.52. The largest absolute Gasteiger partial charge is 0.346 e. The zero-order chi connectivity index (χ0) is 15.4. The van der Waals surface area contributed by atoms with Crippen LogP contribution in [0.5, 0.6) is 0 Å². The molecule has 0 saturated carbocycles. The van der Waals surface area contributed by atoms with Gasteiger partial charge in [0.05, 0.1) is 6.04 Å². The summed E-state index contributed by atoms with van der Waals surface area (Å²) in [6.07, 6.45) is 0. The summed E-state index contributed by atoms with van der Waals surface area (Å²) in [4.78, 5) is 12.2. The lowest BCUT2D eigenvalue weighted by Gasteiger charge is -2.15. The first-order valence-electron chi connectivity index (χ1n) is 7.13. The molecule has 1 atom stereocenters. The van der Waals surface area contributed by atoms with Crippen LogP contribution in [0.1, 0.15) is 54.2 Å². The van der Waals surface area contributed by atoms with Crippen molar-refractivity contribution in [3.63, 3.8) is 0 Å². The minimum atomic E-state index is -0.276. The standard InChI is InChI=1S/C18H20FNO/c1-12(2)14-4-6-16(7-5-14)18(21)20-13(3)15-8-10-17(19)11-9-15/h4-13H,1-3H3,(H,20,21). The SMILES string of the molecule is CC(C)c1ccc(C(=O)NC(C)c2ccc(F)cc2)cc1. The normalized spacial score (nSPS) is 12.2. The van der Waals surface area contributed by atoms with Crippen LogP contribution in [0.2, 0.25) is 0 Å². The van der Waals surface area contributed by atoms with Gasteiger partial charge in [-0.05, 0) is 48.2 Å². The molecule has 0 aliphatic carbocycles. The number of rotatable bonds is 4. The lowest BCUT2D eigenvalue weighted by molar-refractivity contribution is 0.0940. The highest BCUT2D eigenvalue weighted by Gasteiger charge is 2.11. The maximum Gasteiger partial charge on any atom is 0.251 e. The second kappa shape index (κ2) is 6.53. The van der Waals surface area contributed by atoms with Crippen molar-refractivity contribution in [2.24, 2.45) is 0 Å². The number of amides is 1. The third-order valence-corrected chi connectivity index (χ3v) is 3.56. The highest BCUT2D eigenvalue weighted by molar-refractivity contribution is 5.94. The fourth-order valence-corrected chi connectivity index (χ4v) is 2.13. The van der Waals surface area contributed by atoms with E-state index in [9.17, 15) is 9.18 Å². The molecule has 1 unspecified atom stereocenters. The lowest BCUT2D eigenvalue weighted by atomic mass is 10.0. The van der Waals surface area contributed by atoms with Crippen LogP contribution in [-0.4, -0.2) is 5.91 Å². The molecule has 0 saturated heterocycles. The monoisotopic (exact) mass is 285 g/mol. The molecule has 0 fully saturated rings. The molecule has 2 nitrogen and oxygen atoms in total. The molecule has 0 bridgehead atoms. The zero-order valence-electron chi connectivity index (χ0n) is 12.6. The van der Waals surface area contributed by atoms with Crippen molar-refractivity contribution in [1.29, 1.82) is 0 Å². The zero-order valence-corrected chi connectivity index (χ0v) is 12.6. The number of halogens is 1. The number of carbonyl (C=O) groups is 1. The minimum absolute atomic E-state index is 0.123. The first-order chi connectivity index (χ1) is 9.97. The molecule has 0 aromatic heterocycles. The van der Waals surface area contributed by atoms with Crippen LogP contribution < -0.4 is 5.32 Å². The molecular formula is C18H20FNO. The van der Waals surface area contributed by atoms with Gasteiger partial charge in [0.2, 0.25) is 0 Å². The summed E-state index contributed by atoms with van der Waals surface area (Å²) in [6, 6.07) is 13.6. The van der Waals surface area contributed by atoms with Crippen LogP contribution in [0.3, 0.4) is 0 Å². The molecule has 2 aromatic rings. The van der Waals surface area contributed by atoms with Crippen molar-refractivity contribution in [3.8, 4) is 0 Å². The van der Waals surface area contributed by atoms with Gasteiger partial charge in [-0.25, -0.2) is 4.39 Å². The summed E-state index contributed by atoms with van der Waals surface area (Å²) in [5, 5.41) is 2.92. The van der Waals surface area contributed by atoms with Crippen molar-refractivity contribution >= 4 is 5.91 Å². The van der Waals surface area contributed by atoms with Gasteiger partial charge in [-0.15, -0.1) is 0 Å². The maximum absolute atomic E-state index is 12.9. The van der Waals surface area contributed by atoms with Crippen LogP contribution in [0, 0.1) is 5.82 Å². The van der Waals surface area contributed by atoms with Crippen molar-refractivity contribution < 1.29 is 9.18 Å². The number of nitrogens with one attached hydrogen (secondary N) is 1. The predicted octanol–water partition coefficient (Wildman–Crippen LogP) is 4.44. The Kier molecular flexibility index (Phi) is 4.73. The van der Waals surface area contributed by atoms with E-state index >= 15 is 0 Å². The Morgan fingerprint density at radius 1 is 0.905 bits per heavy atom. The van der Waals surface area contributed by atoms with E-state index in [1.54, 1.807) is 12.1 Å². The van der Waals surface area contributed by atoms with Gasteiger partial charge in [0.15, 0.2) is 0 Å². The Morgan fingerprint density at radius 3 is 1.95 bits per heavy atom.